The maximum Gasteiger partial charge on any atom is 0.191 e. The summed E-state index contributed by atoms with van der Waals surface area (Å²) in [5.74, 6) is 1.57. The summed E-state index contributed by atoms with van der Waals surface area (Å²) in [4.78, 5) is 6.63. The molecule has 1 fully saturated rings. The minimum atomic E-state index is 0. The van der Waals surface area contributed by atoms with Crippen LogP contribution in [0.1, 0.15) is 25.8 Å². The molecule has 5 nitrogen and oxygen atoms in total. The van der Waals surface area contributed by atoms with Gasteiger partial charge >= 0.3 is 0 Å². The number of ether oxygens (including phenoxy) is 1. The van der Waals surface area contributed by atoms with Crippen LogP contribution in [0, 0.1) is 5.92 Å². The van der Waals surface area contributed by atoms with Gasteiger partial charge in [0.25, 0.3) is 0 Å². The molecule has 0 bridgehead atoms. The van der Waals surface area contributed by atoms with Crippen molar-refractivity contribution in [3.05, 3.63) is 29.8 Å². The second kappa shape index (κ2) is 11.5. The van der Waals surface area contributed by atoms with Gasteiger partial charge in [0.2, 0.25) is 0 Å². The van der Waals surface area contributed by atoms with Crippen molar-refractivity contribution in [3.63, 3.8) is 0 Å². The van der Waals surface area contributed by atoms with Gasteiger partial charge in [-0.1, -0.05) is 26.0 Å². The van der Waals surface area contributed by atoms with E-state index in [1.165, 1.54) is 11.3 Å². The number of nitrogens with one attached hydrogen (secondary N) is 2. The van der Waals surface area contributed by atoms with Crippen molar-refractivity contribution in [1.82, 2.24) is 10.6 Å². The van der Waals surface area contributed by atoms with Crippen molar-refractivity contribution in [3.8, 4) is 0 Å². The van der Waals surface area contributed by atoms with E-state index in [2.05, 4.69) is 58.6 Å². The van der Waals surface area contributed by atoms with Crippen molar-refractivity contribution in [1.29, 1.82) is 0 Å². The Morgan fingerprint density at radius 2 is 1.83 bits per heavy atom. The molecule has 1 aromatic carbocycles. The van der Waals surface area contributed by atoms with E-state index in [-0.39, 0.29) is 24.0 Å². The lowest BCUT2D eigenvalue weighted by atomic mass is 10.1. The van der Waals surface area contributed by atoms with Gasteiger partial charge in [0.1, 0.15) is 0 Å². The van der Waals surface area contributed by atoms with Crippen molar-refractivity contribution in [2.24, 2.45) is 10.9 Å². The summed E-state index contributed by atoms with van der Waals surface area (Å²) in [6.45, 7) is 9.79. The SMILES string of the molecule is CN=C(NCCC(C)C)NCc1ccc(N2CCOCC2)cc1.I. The van der Waals surface area contributed by atoms with Crippen molar-refractivity contribution in [2.45, 2.75) is 26.8 Å². The van der Waals surface area contributed by atoms with E-state index in [4.69, 9.17) is 4.74 Å². The molecule has 0 spiro atoms. The Hall–Kier alpha value is -1.02. The summed E-state index contributed by atoms with van der Waals surface area (Å²) in [6, 6.07) is 8.74. The summed E-state index contributed by atoms with van der Waals surface area (Å²) in [6.07, 6.45) is 1.15. The van der Waals surface area contributed by atoms with Crippen LogP contribution in [0.2, 0.25) is 0 Å². The van der Waals surface area contributed by atoms with Gasteiger partial charge in [-0.15, -0.1) is 24.0 Å². The average Bonchev–Trinajstić information content (AvgIpc) is 2.59. The number of nitrogens with zero attached hydrogens (tertiary/aromatic N) is 2. The second-order valence-electron chi connectivity index (χ2n) is 6.30. The zero-order valence-electron chi connectivity index (χ0n) is 15.0. The molecule has 0 saturated carbocycles. The molecule has 6 heteroatoms. The number of hydrogen-bond acceptors (Lipinski definition) is 3. The van der Waals surface area contributed by atoms with Crippen LogP contribution < -0.4 is 15.5 Å². The van der Waals surface area contributed by atoms with Crippen LogP contribution in [-0.4, -0.2) is 45.9 Å². The van der Waals surface area contributed by atoms with E-state index in [1.807, 2.05) is 7.05 Å². The first kappa shape index (κ1) is 21.0. The lowest BCUT2D eigenvalue weighted by Gasteiger charge is -2.28. The third-order valence-electron chi connectivity index (χ3n) is 4.01. The predicted octanol–water partition coefficient (Wildman–Crippen LogP) is 2.85. The van der Waals surface area contributed by atoms with Crippen molar-refractivity contribution < 1.29 is 4.74 Å². The van der Waals surface area contributed by atoms with Gasteiger partial charge in [-0.25, -0.2) is 0 Å². The number of guanidine groups is 1. The molecule has 1 saturated heterocycles. The maximum atomic E-state index is 5.40. The quantitative estimate of drug-likeness (QED) is 0.401. The van der Waals surface area contributed by atoms with Gasteiger partial charge in [-0.3, -0.25) is 4.99 Å². The Morgan fingerprint density at radius 3 is 2.42 bits per heavy atom. The van der Waals surface area contributed by atoms with Crippen molar-refractivity contribution in [2.75, 3.05) is 44.8 Å². The standard InChI is InChI=1S/C18H30N4O.HI/c1-15(2)8-9-20-18(19-3)21-14-16-4-6-17(7-5-16)22-10-12-23-13-11-22;/h4-7,15H,8-14H2,1-3H3,(H2,19,20,21);1H. The predicted molar refractivity (Wildman–Crippen MR) is 113 cm³/mol. The topological polar surface area (TPSA) is 48.9 Å². The van der Waals surface area contributed by atoms with E-state index in [1.54, 1.807) is 0 Å². The highest BCUT2D eigenvalue weighted by Crippen LogP contribution is 2.16. The van der Waals surface area contributed by atoms with Gasteiger partial charge in [-0.2, -0.15) is 0 Å². The summed E-state index contributed by atoms with van der Waals surface area (Å²) in [7, 11) is 1.81. The monoisotopic (exact) mass is 446 g/mol. The first-order valence-electron chi connectivity index (χ1n) is 8.55. The Morgan fingerprint density at radius 1 is 1.17 bits per heavy atom. The highest BCUT2D eigenvalue weighted by Gasteiger charge is 2.10. The van der Waals surface area contributed by atoms with Gasteiger partial charge in [0.05, 0.1) is 13.2 Å². The number of aliphatic imine (C=N–C) groups is 1. The molecule has 0 atom stereocenters. The number of hydrogen-bond donors (Lipinski definition) is 2. The molecule has 2 rings (SSSR count). The normalized spacial score (nSPS) is 15.2. The third kappa shape index (κ3) is 7.25. The summed E-state index contributed by atoms with van der Waals surface area (Å²) in [5, 5.41) is 6.71. The molecule has 2 N–H and O–H groups in total. The summed E-state index contributed by atoms with van der Waals surface area (Å²) in [5.41, 5.74) is 2.53. The van der Waals surface area contributed by atoms with Crippen LogP contribution in [0.3, 0.4) is 0 Å². The minimum absolute atomic E-state index is 0. The molecule has 1 aliphatic rings. The number of rotatable bonds is 6. The van der Waals surface area contributed by atoms with E-state index < -0.39 is 0 Å². The zero-order valence-corrected chi connectivity index (χ0v) is 17.4. The summed E-state index contributed by atoms with van der Waals surface area (Å²) < 4.78 is 5.40. The molecule has 24 heavy (non-hydrogen) atoms. The van der Waals surface area contributed by atoms with E-state index in [0.717, 1.165) is 51.8 Å². The fourth-order valence-electron chi connectivity index (χ4n) is 2.53. The van der Waals surface area contributed by atoms with Crippen LogP contribution in [0.15, 0.2) is 29.3 Å². The highest BCUT2D eigenvalue weighted by molar-refractivity contribution is 14.0. The first-order valence-corrected chi connectivity index (χ1v) is 8.55. The Bertz CT molecular complexity index is 484. The van der Waals surface area contributed by atoms with Gasteiger partial charge in [0.15, 0.2) is 5.96 Å². The van der Waals surface area contributed by atoms with E-state index >= 15 is 0 Å². The average molecular weight is 446 g/mol. The number of benzene rings is 1. The maximum absolute atomic E-state index is 5.40. The van der Waals surface area contributed by atoms with Crippen LogP contribution in [-0.2, 0) is 11.3 Å². The zero-order chi connectivity index (χ0) is 16.5. The van der Waals surface area contributed by atoms with E-state index in [9.17, 15) is 0 Å². The second-order valence-corrected chi connectivity index (χ2v) is 6.30. The minimum Gasteiger partial charge on any atom is -0.378 e. The van der Waals surface area contributed by atoms with Crippen LogP contribution in [0.4, 0.5) is 5.69 Å². The van der Waals surface area contributed by atoms with Gasteiger partial charge in [0, 0.05) is 38.9 Å². The third-order valence-corrected chi connectivity index (χ3v) is 4.01. The Balaban J connectivity index is 0.00000288. The molecule has 1 heterocycles. The molecule has 1 aromatic rings. The highest BCUT2D eigenvalue weighted by atomic mass is 127. The largest absolute Gasteiger partial charge is 0.378 e. The number of halogens is 1. The summed E-state index contributed by atoms with van der Waals surface area (Å²) >= 11 is 0. The molecule has 136 valence electrons. The number of anilines is 1. The van der Waals surface area contributed by atoms with E-state index in [0.29, 0.717) is 5.92 Å². The molecule has 1 aliphatic heterocycles. The molecule has 0 aliphatic carbocycles. The molecule has 0 amide bonds. The van der Waals surface area contributed by atoms with Crippen LogP contribution >= 0.6 is 24.0 Å². The smallest absolute Gasteiger partial charge is 0.191 e. The fraction of sp³-hybridized carbons (Fsp3) is 0.611. The fourth-order valence-corrected chi connectivity index (χ4v) is 2.53. The van der Waals surface area contributed by atoms with Crippen LogP contribution in [0.25, 0.3) is 0 Å². The van der Waals surface area contributed by atoms with Gasteiger partial charge in [-0.05, 0) is 30.0 Å². The lowest BCUT2D eigenvalue weighted by molar-refractivity contribution is 0.122. The molecule has 0 radical (unpaired) electrons. The lowest BCUT2D eigenvalue weighted by Crippen LogP contribution is -2.37. The first-order chi connectivity index (χ1) is 11.2. The Labute approximate surface area is 163 Å². The Kier molecular flexibility index (Phi) is 10.1. The van der Waals surface area contributed by atoms with Crippen molar-refractivity contribution >= 4 is 35.6 Å². The molecule has 0 aromatic heterocycles. The van der Waals surface area contributed by atoms with Gasteiger partial charge < -0.3 is 20.3 Å². The molecule has 0 unspecified atom stereocenters. The molecular weight excluding hydrogens is 415 g/mol. The number of morpholine rings is 1. The van der Waals surface area contributed by atoms with Crippen LogP contribution in [0.5, 0.6) is 0 Å². The molecular formula is C18H31IN4O.